The summed E-state index contributed by atoms with van der Waals surface area (Å²) in [6, 6.07) is 7.24. The van der Waals surface area contributed by atoms with Crippen LogP contribution in [0.25, 0.3) is 0 Å². The van der Waals surface area contributed by atoms with E-state index in [0.29, 0.717) is 5.75 Å². The fourth-order valence-corrected chi connectivity index (χ4v) is 1.93. The Kier molecular flexibility index (Phi) is 2.45. The minimum Gasteiger partial charge on any atom is -0.507 e. The van der Waals surface area contributed by atoms with Crippen LogP contribution in [0.15, 0.2) is 46.7 Å². The van der Waals surface area contributed by atoms with Gasteiger partial charge in [-0.1, -0.05) is 12.1 Å². The molecule has 0 amide bonds. The van der Waals surface area contributed by atoms with Crippen LogP contribution in [0.2, 0.25) is 0 Å². The summed E-state index contributed by atoms with van der Waals surface area (Å²) in [5, 5.41) is 10.4. The maximum absolute atomic E-state index is 9.54. The molecule has 14 heavy (non-hydrogen) atoms. The first kappa shape index (κ1) is 9.15. The third-order valence-electron chi connectivity index (χ3n) is 1.84. The van der Waals surface area contributed by atoms with Gasteiger partial charge < -0.3 is 9.67 Å². The van der Waals surface area contributed by atoms with E-state index in [0.717, 1.165) is 10.1 Å². The first-order chi connectivity index (χ1) is 6.77. The van der Waals surface area contributed by atoms with Crippen LogP contribution in [0.3, 0.4) is 0 Å². The third-order valence-corrected chi connectivity index (χ3v) is 2.98. The first-order valence-corrected chi connectivity index (χ1v) is 5.02. The average molecular weight is 206 g/mol. The van der Waals surface area contributed by atoms with Gasteiger partial charge >= 0.3 is 0 Å². The molecule has 2 rings (SSSR count). The summed E-state index contributed by atoms with van der Waals surface area (Å²) < 4.78 is 1.91. The number of aryl methyl sites for hydroxylation is 1. The van der Waals surface area contributed by atoms with Crippen LogP contribution in [0.1, 0.15) is 0 Å². The highest BCUT2D eigenvalue weighted by Gasteiger charge is 2.05. The van der Waals surface area contributed by atoms with E-state index in [2.05, 4.69) is 4.98 Å². The summed E-state index contributed by atoms with van der Waals surface area (Å²) in [4.78, 5) is 4.99. The number of nitrogens with zero attached hydrogens (tertiary/aromatic N) is 2. The van der Waals surface area contributed by atoms with Crippen LogP contribution in [-0.4, -0.2) is 14.7 Å². The molecule has 0 aliphatic carbocycles. The normalized spacial score (nSPS) is 10.4. The molecule has 0 aliphatic heterocycles. The van der Waals surface area contributed by atoms with Crippen molar-refractivity contribution in [3.05, 3.63) is 36.7 Å². The second-order valence-electron chi connectivity index (χ2n) is 2.89. The zero-order valence-corrected chi connectivity index (χ0v) is 8.53. The fraction of sp³-hybridized carbons (Fsp3) is 0.100. The van der Waals surface area contributed by atoms with Crippen molar-refractivity contribution in [3.63, 3.8) is 0 Å². The lowest BCUT2D eigenvalue weighted by Crippen LogP contribution is -1.88. The zero-order valence-electron chi connectivity index (χ0n) is 7.71. The van der Waals surface area contributed by atoms with Crippen molar-refractivity contribution in [2.24, 2.45) is 7.05 Å². The Balaban J connectivity index is 2.28. The summed E-state index contributed by atoms with van der Waals surface area (Å²) >= 11 is 1.45. The largest absolute Gasteiger partial charge is 0.507 e. The Labute approximate surface area is 86.4 Å². The van der Waals surface area contributed by atoms with Crippen LogP contribution in [-0.2, 0) is 7.05 Å². The van der Waals surface area contributed by atoms with Crippen LogP contribution < -0.4 is 0 Å². The van der Waals surface area contributed by atoms with E-state index in [1.165, 1.54) is 11.8 Å². The highest BCUT2D eigenvalue weighted by atomic mass is 32.2. The highest BCUT2D eigenvalue weighted by molar-refractivity contribution is 7.99. The number of phenolic OH excluding ortho intramolecular Hbond substituents is 1. The van der Waals surface area contributed by atoms with E-state index in [-0.39, 0.29) is 0 Å². The predicted molar refractivity (Wildman–Crippen MR) is 55.4 cm³/mol. The molecule has 3 nitrogen and oxygen atoms in total. The minimum atomic E-state index is 0.292. The van der Waals surface area contributed by atoms with Crippen LogP contribution in [0, 0.1) is 0 Å². The van der Waals surface area contributed by atoms with Gasteiger partial charge in [0.05, 0.1) is 4.90 Å². The van der Waals surface area contributed by atoms with E-state index < -0.39 is 0 Å². The van der Waals surface area contributed by atoms with E-state index in [4.69, 9.17) is 0 Å². The van der Waals surface area contributed by atoms with Gasteiger partial charge in [0, 0.05) is 19.4 Å². The summed E-state index contributed by atoms with van der Waals surface area (Å²) in [5.41, 5.74) is 0. The van der Waals surface area contributed by atoms with Gasteiger partial charge in [-0.15, -0.1) is 0 Å². The fourth-order valence-electron chi connectivity index (χ4n) is 1.09. The third kappa shape index (κ3) is 1.75. The summed E-state index contributed by atoms with van der Waals surface area (Å²) in [6.45, 7) is 0. The number of aromatic hydroxyl groups is 1. The molecule has 4 heteroatoms. The van der Waals surface area contributed by atoms with E-state index in [9.17, 15) is 5.11 Å². The number of hydrogen-bond donors (Lipinski definition) is 1. The van der Waals surface area contributed by atoms with Crippen LogP contribution in [0.5, 0.6) is 5.75 Å². The van der Waals surface area contributed by atoms with Gasteiger partial charge in [0.25, 0.3) is 0 Å². The molecule has 0 saturated carbocycles. The van der Waals surface area contributed by atoms with Crippen molar-refractivity contribution < 1.29 is 5.11 Å². The molecule has 1 aromatic heterocycles. The molecular formula is C10H10N2OS. The maximum atomic E-state index is 9.54. The standard InChI is InChI=1S/C10H10N2OS/c1-12-7-6-11-10(12)14-9-5-3-2-4-8(9)13/h2-7,13H,1H3. The number of imidazole rings is 1. The van der Waals surface area contributed by atoms with Crippen LogP contribution >= 0.6 is 11.8 Å². The number of para-hydroxylation sites is 1. The molecule has 0 radical (unpaired) electrons. The summed E-state index contributed by atoms with van der Waals surface area (Å²) in [6.07, 6.45) is 3.62. The van der Waals surface area contributed by atoms with Crippen molar-refractivity contribution >= 4 is 11.8 Å². The number of hydrogen-bond acceptors (Lipinski definition) is 3. The number of benzene rings is 1. The molecule has 0 unspecified atom stereocenters. The smallest absolute Gasteiger partial charge is 0.172 e. The van der Waals surface area contributed by atoms with Crippen molar-refractivity contribution in [3.8, 4) is 5.75 Å². The molecule has 72 valence electrons. The van der Waals surface area contributed by atoms with Gasteiger partial charge in [0.1, 0.15) is 5.75 Å². The van der Waals surface area contributed by atoms with Crippen molar-refractivity contribution in [1.29, 1.82) is 0 Å². The van der Waals surface area contributed by atoms with E-state index >= 15 is 0 Å². The van der Waals surface area contributed by atoms with Crippen molar-refractivity contribution in [2.45, 2.75) is 10.1 Å². The molecular weight excluding hydrogens is 196 g/mol. The lowest BCUT2D eigenvalue weighted by Gasteiger charge is -2.02. The molecule has 1 aromatic carbocycles. The van der Waals surface area contributed by atoms with E-state index in [1.807, 2.05) is 29.9 Å². The lowest BCUT2D eigenvalue weighted by molar-refractivity contribution is 0.462. The summed E-state index contributed by atoms with van der Waals surface area (Å²) in [7, 11) is 1.93. The Morgan fingerprint density at radius 1 is 1.36 bits per heavy atom. The monoisotopic (exact) mass is 206 g/mol. The molecule has 1 N–H and O–H groups in total. The molecule has 0 spiro atoms. The maximum Gasteiger partial charge on any atom is 0.172 e. The van der Waals surface area contributed by atoms with Crippen molar-refractivity contribution in [1.82, 2.24) is 9.55 Å². The van der Waals surface area contributed by atoms with Gasteiger partial charge in [-0.2, -0.15) is 0 Å². The number of rotatable bonds is 2. The Morgan fingerprint density at radius 2 is 2.14 bits per heavy atom. The molecule has 2 aromatic rings. The van der Waals surface area contributed by atoms with Gasteiger partial charge in [0.15, 0.2) is 5.16 Å². The number of aromatic nitrogens is 2. The molecule has 0 bridgehead atoms. The molecule has 1 heterocycles. The zero-order chi connectivity index (χ0) is 9.97. The quantitative estimate of drug-likeness (QED) is 0.819. The Bertz CT molecular complexity index is 439. The second-order valence-corrected chi connectivity index (χ2v) is 3.90. The SMILES string of the molecule is Cn1ccnc1Sc1ccccc1O. The van der Waals surface area contributed by atoms with E-state index in [1.54, 1.807) is 18.3 Å². The Hall–Kier alpha value is -1.42. The molecule has 0 fully saturated rings. The lowest BCUT2D eigenvalue weighted by atomic mass is 10.3. The molecule has 0 aliphatic rings. The van der Waals surface area contributed by atoms with Gasteiger partial charge in [-0.05, 0) is 23.9 Å². The van der Waals surface area contributed by atoms with Crippen molar-refractivity contribution in [2.75, 3.05) is 0 Å². The van der Waals surface area contributed by atoms with Gasteiger partial charge in [0.2, 0.25) is 0 Å². The summed E-state index contributed by atoms with van der Waals surface area (Å²) in [5.74, 6) is 0.292. The Morgan fingerprint density at radius 3 is 2.79 bits per heavy atom. The topological polar surface area (TPSA) is 38.0 Å². The average Bonchev–Trinajstić information content (AvgIpc) is 2.56. The predicted octanol–water partition coefficient (Wildman–Crippen LogP) is 2.28. The number of phenols is 1. The molecule has 0 saturated heterocycles. The van der Waals surface area contributed by atoms with Gasteiger partial charge in [-0.25, -0.2) is 4.98 Å². The van der Waals surface area contributed by atoms with Crippen LogP contribution in [0.4, 0.5) is 0 Å². The highest BCUT2D eigenvalue weighted by Crippen LogP contribution is 2.32. The molecule has 0 atom stereocenters. The minimum absolute atomic E-state index is 0.292. The first-order valence-electron chi connectivity index (χ1n) is 4.20. The second kappa shape index (κ2) is 3.75. The van der Waals surface area contributed by atoms with Gasteiger partial charge in [-0.3, -0.25) is 0 Å².